The highest BCUT2D eigenvalue weighted by molar-refractivity contribution is 7.93. The Hall–Kier alpha value is -2.94. The number of hydrogen-bond acceptors (Lipinski definition) is 4. The largest absolute Gasteiger partial charge is 0.318 e. The number of anilines is 3. The molecule has 7 nitrogen and oxygen atoms in total. The first kappa shape index (κ1) is 18.8. The van der Waals surface area contributed by atoms with Crippen molar-refractivity contribution in [3.63, 3.8) is 0 Å². The molecule has 0 atom stereocenters. The van der Waals surface area contributed by atoms with Gasteiger partial charge in [0.1, 0.15) is 5.82 Å². The van der Waals surface area contributed by atoms with Gasteiger partial charge in [0.2, 0.25) is 10.0 Å². The molecule has 9 heteroatoms. The maximum atomic E-state index is 13.2. The summed E-state index contributed by atoms with van der Waals surface area (Å²) in [5.41, 5.74) is 1.58. The zero-order valence-electron chi connectivity index (χ0n) is 14.5. The van der Waals surface area contributed by atoms with Gasteiger partial charge in [-0.1, -0.05) is 12.1 Å². The highest BCUT2D eigenvalue weighted by Crippen LogP contribution is 2.28. The van der Waals surface area contributed by atoms with E-state index in [-0.39, 0.29) is 11.4 Å². The molecule has 27 heavy (non-hydrogen) atoms. The summed E-state index contributed by atoms with van der Waals surface area (Å²) in [5.74, 6) is -2.36. The fraction of sp³-hybridized carbons (Fsp3) is 0.222. The molecule has 0 bridgehead atoms. The topological polar surface area (TPSA) is 95.6 Å². The third kappa shape index (κ3) is 4.25. The first-order valence-corrected chi connectivity index (χ1v) is 9.86. The molecule has 0 aromatic heterocycles. The number of halogens is 1. The Morgan fingerprint density at radius 3 is 2.48 bits per heavy atom. The third-order valence-electron chi connectivity index (χ3n) is 4.15. The molecule has 2 aromatic rings. The van der Waals surface area contributed by atoms with Crippen LogP contribution in [0, 0.1) is 12.7 Å². The number of aryl methyl sites for hydroxylation is 1. The van der Waals surface area contributed by atoms with Crippen LogP contribution in [0.1, 0.15) is 12.0 Å². The number of sulfonamides is 1. The van der Waals surface area contributed by atoms with E-state index in [4.69, 9.17) is 0 Å². The van der Waals surface area contributed by atoms with E-state index in [1.165, 1.54) is 28.6 Å². The molecule has 0 aliphatic carbocycles. The van der Waals surface area contributed by atoms with Crippen LogP contribution in [0.4, 0.5) is 21.5 Å². The molecule has 1 saturated heterocycles. The number of nitrogens with one attached hydrogen (secondary N) is 2. The van der Waals surface area contributed by atoms with Gasteiger partial charge in [0.15, 0.2) is 0 Å². The van der Waals surface area contributed by atoms with Crippen molar-refractivity contribution in [3.8, 4) is 0 Å². The molecule has 2 N–H and O–H groups in total. The lowest BCUT2D eigenvalue weighted by atomic mass is 10.1. The Balaban J connectivity index is 1.75. The summed E-state index contributed by atoms with van der Waals surface area (Å²) in [4.78, 5) is 24.2. The average molecular weight is 391 g/mol. The Bertz CT molecular complexity index is 1010. The number of amides is 2. The number of rotatable bonds is 3. The number of hydrogen-bond donors (Lipinski definition) is 2. The fourth-order valence-corrected chi connectivity index (χ4v) is 4.32. The van der Waals surface area contributed by atoms with Gasteiger partial charge in [-0.05, 0) is 49.2 Å². The van der Waals surface area contributed by atoms with Gasteiger partial charge in [0, 0.05) is 17.9 Å². The van der Waals surface area contributed by atoms with Gasteiger partial charge >= 0.3 is 11.8 Å². The van der Waals surface area contributed by atoms with Crippen LogP contribution in [-0.4, -0.2) is 32.5 Å². The summed E-state index contributed by atoms with van der Waals surface area (Å²) in [6.07, 6.45) is 0.536. The molecule has 1 aliphatic heterocycles. The quantitative estimate of drug-likeness (QED) is 0.785. The molecule has 2 aromatic carbocycles. The van der Waals surface area contributed by atoms with E-state index in [0.717, 1.165) is 6.07 Å². The summed E-state index contributed by atoms with van der Waals surface area (Å²) in [6, 6.07) is 10.0. The Kier molecular flexibility index (Phi) is 5.13. The summed E-state index contributed by atoms with van der Waals surface area (Å²) in [6.45, 7) is 2.10. The Morgan fingerprint density at radius 1 is 1.07 bits per heavy atom. The van der Waals surface area contributed by atoms with Crippen LogP contribution in [0.5, 0.6) is 0 Å². The predicted octanol–water partition coefficient (Wildman–Crippen LogP) is 2.25. The smallest absolute Gasteiger partial charge is 0.314 e. The molecule has 1 fully saturated rings. The Labute approximate surface area is 156 Å². The van der Waals surface area contributed by atoms with E-state index in [1.807, 2.05) is 0 Å². The second-order valence-corrected chi connectivity index (χ2v) is 8.17. The summed E-state index contributed by atoms with van der Waals surface area (Å²) < 4.78 is 38.6. The predicted molar refractivity (Wildman–Crippen MR) is 101 cm³/mol. The van der Waals surface area contributed by atoms with Crippen molar-refractivity contribution in [1.82, 2.24) is 0 Å². The number of nitrogens with zero attached hydrogens (tertiary/aromatic N) is 1. The van der Waals surface area contributed by atoms with Crippen molar-refractivity contribution >= 4 is 38.9 Å². The van der Waals surface area contributed by atoms with Crippen LogP contribution in [0.15, 0.2) is 42.5 Å². The van der Waals surface area contributed by atoms with Gasteiger partial charge in [-0.2, -0.15) is 0 Å². The Morgan fingerprint density at radius 2 is 1.81 bits per heavy atom. The third-order valence-corrected chi connectivity index (χ3v) is 6.01. The molecule has 0 spiro atoms. The minimum atomic E-state index is -3.35. The molecule has 1 heterocycles. The second kappa shape index (κ2) is 7.36. The van der Waals surface area contributed by atoms with Crippen LogP contribution >= 0.6 is 0 Å². The summed E-state index contributed by atoms with van der Waals surface area (Å²) in [7, 11) is -3.35. The molecule has 2 amide bonds. The monoisotopic (exact) mass is 391 g/mol. The van der Waals surface area contributed by atoms with Crippen LogP contribution in [0.3, 0.4) is 0 Å². The number of carbonyl (C=O) groups excluding carboxylic acids is 2. The van der Waals surface area contributed by atoms with Crippen LogP contribution < -0.4 is 14.9 Å². The molecule has 3 rings (SSSR count). The lowest BCUT2D eigenvalue weighted by Gasteiger charge is -2.19. The van der Waals surface area contributed by atoms with E-state index in [1.54, 1.807) is 19.1 Å². The highest BCUT2D eigenvalue weighted by Gasteiger charge is 2.28. The molecule has 0 unspecified atom stereocenters. The summed E-state index contributed by atoms with van der Waals surface area (Å²) in [5, 5.41) is 4.78. The highest BCUT2D eigenvalue weighted by atomic mass is 32.2. The molecule has 142 valence electrons. The maximum Gasteiger partial charge on any atom is 0.314 e. The van der Waals surface area contributed by atoms with Crippen molar-refractivity contribution in [2.45, 2.75) is 13.3 Å². The van der Waals surface area contributed by atoms with Crippen LogP contribution in [0.2, 0.25) is 0 Å². The zero-order chi connectivity index (χ0) is 19.6. The van der Waals surface area contributed by atoms with Crippen molar-refractivity contribution in [3.05, 3.63) is 53.8 Å². The molecular formula is C18H18FN3O4S. The molecule has 0 saturated carbocycles. The van der Waals surface area contributed by atoms with E-state index < -0.39 is 27.7 Å². The first-order valence-electron chi connectivity index (χ1n) is 8.25. The van der Waals surface area contributed by atoms with Gasteiger partial charge in [-0.3, -0.25) is 13.9 Å². The van der Waals surface area contributed by atoms with Crippen molar-refractivity contribution in [2.24, 2.45) is 0 Å². The van der Waals surface area contributed by atoms with Crippen molar-refractivity contribution in [2.75, 3.05) is 27.2 Å². The lowest BCUT2D eigenvalue weighted by Crippen LogP contribution is -2.29. The number of benzene rings is 2. The summed E-state index contributed by atoms with van der Waals surface area (Å²) >= 11 is 0. The average Bonchev–Trinajstić information content (AvgIpc) is 2.96. The van der Waals surface area contributed by atoms with E-state index >= 15 is 0 Å². The van der Waals surface area contributed by atoms with E-state index in [2.05, 4.69) is 10.6 Å². The van der Waals surface area contributed by atoms with Crippen molar-refractivity contribution < 1.29 is 22.4 Å². The van der Waals surface area contributed by atoms with Gasteiger partial charge < -0.3 is 10.6 Å². The minimum absolute atomic E-state index is 0.0820. The van der Waals surface area contributed by atoms with Gasteiger partial charge in [0.25, 0.3) is 0 Å². The number of carbonyl (C=O) groups is 2. The normalized spacial score (nSPS) is 15.4. The van der Waals surface area contributed by atoms with Gasteiger partial charge in [-0.15, -0.1) is 0 Å². The molecule has 0 radical (unpaired) electrons. The molecule has 1 aliphatic rings. The fourth-order valence-electron chi connectivity index (χ4n) is 2.76. The van der Waals surface area contributed by atoms with Crippen molar-refractivity contribution in [1.29, 1.82) is 0 Å². The van der Waals surface area contributed by atoms with E-state index in [9.17, 15) is 22.4 Å². The lowest BCUT2D eigenvalue weighted by molar-refractivity contribution is -0.133. The van der Waals surface area contributed by atoms with Gasteiger partial charge in [-0.25, -0.2) is 12.8 Å². The SMILES string of the molecule is Cc1ccc(N2CCCS2(=O)=O)cc1NC(=O)C(=O)Nc1cccc(F)c1. The van der Waals surface area contributed by atoms with E-state index in [0.29, 0.717) is 29.9 Å². The molecular weight excluding hydrogens is 373 g/mol. The first-order chi connectivity index (χ1) is 12.8. The van der Waals surface area contributed by atoms with Crippen LogP contribution in [-0.2, 0) is 19.6 Å². The van der Waals surface area contributed by atoms with Crippen LogP contribution in [0.25, 0.3) is 0 Å². The standard InChI is InChI=1S/C18H18FN3O4S/c1-12-6-7-15(22-8-3-9-27(22,25)26)11-16(12)21-18(24)17(23)20-14-5-2-4-13(19)10-14/h2,4-7,10-11H,3,8-9H2,1H3,(H,20,23)(H,21,24). The maximum absolute atomic E-state index is 13.2. The van der Waals surface area contributed by atoms with Gasteiger partial charge in [0.05, 0.1) is 11.4 Å². The minimum Gasteiger partial charge on any atom is -0.318 e. The zero-order valence-corrected chi connectivity index (χ0v) is 15.3. The second-order valence-electron chi connectivity index (χ2n) is 6.16.